The molecule has 0 saturated heterocycles. The van der Waals surface area contributed by atoms with Gasteiger partial charge in [0.25, 0.3) is 0 Å². The van der Waals surface area contributed by atoms with Gasteiger partial charge in [-0.1, -0.05) is 46.9 Å². The third-order valence-corrected chi connectivity index (χ3v) is 6.41. The van der Waals surface area contributed by atoms with E-state index in [0.717, 1.165) is 10.6 Å². The Morgan fingerprint density at radius 3 is 2.26 bits per heavy atom. The van der Waals surface area contributed by atoms with Crippen molar-refractivity contribution in [3.8, 4) is 0 Å². The minimum Gasteiger partial charge on any atom is -0.357 e. The van der Waals surface area contributed by atoms with Crippen LogP contribution in [0.5, 0.6) is 0 Å². The van der Waals surface area contributed by atoms with Crippen LogP contribution in [0.3, 0.4) is 0 Å². The molecule has 2 aromatic rings. The van der Waals surface area contributed by atoms with Crippen LogP contribution in [0.2, 0.25) is 15.1 Å². The summed E-state index contributed by atoms with van der Waals surface area (Å²) in [5, 5.41) is 3.38. The summed E-state index contributed by atoms with van der Waals surface area (Å²) < 4.78 is 25.8. The van der Waals surface area contributed by atoms with Gasteiger partial charge in [-0.2, -0.15) is 0 Å². The van der Waals surface area contributed by atoms with E-state index in [4.69, 9.17) is 34.8 Å². The number of nitrogens with one attached hydrogen (secondary N) is 1. The van der Waals surface area contributed by atoms with Crippen molar-refractivity contribution >= 4 is 62.3 Å². The number of halogens is 3. The highest BCUT2D eigenvalue weighted by Crippen LogP contribution is 2.30. The Balaban J connectivity index is 2.42. The lowest BCUT2D eigenvalue weighted by Gasteiger charge is -2.31. The lowest BCUT2D eigenvalue weighted by Crippen LogP contribution is -2.50. The molecule has 0 heterocycles. The third kappa shape index (κ3) is 6.74. The van der Waals surface area contributed by atoms with Gasteiger partial charge < -0.3 is 10.2 Å². The van der Waals surface area contributed by atoms with Crippen LogP contribution in [0.25, 0.3) is 0 Å². The zero-order valence-corrected chi connectivity index (χ0v) is 20.2. The fourth-order valence-corrected chi connectivity index (χ4v) is 4.54. The second-order valence-electron chi connectivity index (χ2n) is 6.81. The first-order valence-electron chi connectivity index (χ1n) is 9.12. The summed E-state index contributed by atoms with van der Waals surface area (Å²) in [4.78, 5) is 26.8. The number of nitrogens with zero attached hydrogens (tertiary/aromatic N) is 2. The van der Waals surface area contributed by atoms with Gasteiger partial charge in [-0.05, 0) is 42.8 Å². The fourth-order valence-electron chi connectivity index (χ4n) is 2.90. The summed E-state index contributed by atoms with van der Waals surface area (Å²) in [6.45, 7) is 1.06. The molecule has 0 spiro atoms. The van der Waals surface area contributed by atoms with Gasteiger partial charge in [0.05, 0.1) is 17.0 Å². The average Bonchev–Trinajstić information content (AvgIpc) is 2.68. The van der Waals surface area contributed by atoms with E-state index in [1.54, 1.807) is 31.2 Å². The van der Waals surface area contributed by atoms with Gasteiger partial charge in [-0.25, -0.2) is 8.42 Å². The molecule has 1 N–H and O–H groups in total. The standard InChI is InChI=1S/C20H22Cl3N3O4S/c1-13(20(28)24-2)25(11-14-5-4-6-15(21)9-14)19(27)12-26(31(3,29)30)18-8-7-16(22)10-17(18)23/h4-10,13H,11-12H2,1-3H3,(H,24,28)/t13-/m1/s1. The van der Waals surface area contributed by atoms with E-state index in [0.29, 0.717) is 15.6 Å². The maximum Gasteiger partial charge on any atom is 0.244 e. The molecule has 0 saturated carbocycles. The second-order valence-corrected chi connectivity index (χ2v) is 9.99. The van der Waals surface area contributed by atoms with E-state index in [1.807, 2.05) is 0 Å². The Hall–Kier alpha value is -2.00. The van der Waals surface area contributed by atoms with Crippen LogP contribution in [-0.4, -0.2) is 51.0 Å². The second kappa shape index (κ2) is 10.5. The lowest BCUT2D eigenvalue weighted by atomic mass is 10.1. The summed E-state index contributed by atoms with van der Waals surface area (Å²) in [7, 11) is -2.42. The van der Waals surface area contributed by atoms with Gasteiger partial charge in [0.15, 0.2) is 0 Å². The van der Waals surface area contributed by atoms with Gasteiger partial charge >= 0.3 is 0 Å². The molecule has 7 nitrogen and oxygen atoms in total. The predicted octanol–water partition coefficient (Wildman–Crippen LogP) is 3.58. The first kappa shape index (κ1) is 25.3. The van der Waals surface area contributed by atoms with Gasteiger partial charge in [0.1, 0.15) is 12.6 Å². The van der Waals surface area contributed by atoms with Gasteiger partial charge in [-0.15, -0.1) is 0 Å². The molecule has 1 atom stereocenters. The molecular weight excluding hydrogens is 485 g/mol. The van der Waals surface area contributed by atoms with Gasteiger partial charge in [-0.3, -0.25) is 13.9 Å². The van der Waals surface area contributed by atoms with Crippen molar-refractivity contribution in [1.29, 1.82) is 0 Å². The predicted molar refractivity (Wildman–Crippen MR) is 124 cm³/mol. The van der Waals surface area contributed by atoms with E-state index in [9.17, 15) is 18.0 Å². The quantitative estimate of drug-likeness (QED) is 0.593. The van der Waals surface area contributed by atoms with E-state index in [2.05, 4.69) is 5.32 Å². The van der Waals surface area contributed by atoms with Crippen molar-refractivity contribution in [3.05, 3.63) is 63.1 Å². The molecule has 0 unspecified atom stereocenters. The summed E-state index contributed by atoms with van der Waals surface area (Å²) >= 11 is 18.1. The Morgan fingerprint density at radius 1 is 1.06 bits per heavy atom. The Labute approximate surface area is 196 Å². The van der Waals surface area contributed by atoms with Crippen LogP contribution >= 0.6 is 34.8 Å². The highest BCUT2D eigenvalue weighted by molar-refractivity contribution is 7.92. The molecule has 2 amide bonds. The molecular formula is C20H22Cl3N3O4S. The largest absolute Gasteiger partial charge is 0.357 e. The zero-order chi connectivity index (χ0) is 23.3. The van der Waals surface area contributed by atoms with Crippen molar-refractivity contribution in [2.24, 2.45) is 0 Å². The molecule has 0 fully saturated rings. The van der Waals surface area contributed by atoms with Crippen LogP contribution in [0.15, 0.2) is 42.5 Å². The van der Waals surface area contributed by atoms with Crippen molar-refractivity contribution < 1.29 is 18.0 Å². The highest BCUT2D eigenvalue weighted by Gasteiger charge is 2.30. The van der Waals surface area contributed by atoms with E-state index < -0.39 is 34.4 Å². The minimum absolute atomic E-state index is 0.0555. The highest BCUT2D eigenvalue weighted by atomic mass is 35.5. The first-order chi connectivity index (χ1) is 14.4. The number of sulfonamides is 1. The van der Waals surface area contributed by atoms with Crippen molar-refractivity contribution in [1.82, 2.24) is 10.2 Å². The Kier molecular flexibility index (Phi) is 8.59. The molecule has 2 rings (SSSR count). The van der Waals surface area contributed by atoms with E-state index >= 15 is 0 Å². The lowest BCUT2D eigenvalue weighted by molar-refractivity contribution is -0.139. The average molecular weight is 507 g/mol. The number of anilines is 1. The first-order valence-corrected chi connectivity index (χ1v) is 12.1. The molecule has 0 aliphatic rings. The summed E-state index contributed by atoms with van der Waals surface area (Å²) in [6.07, 6.45) is 0.967. The topological polar surface area (TPSA) is 86.8 Å². The van der Waals surface area contributed by atoms with E-state index in [1.165, 1.54) is 30.1 Å². The molecule has 0 aliphatic heterocycles. The number of rotatable bonds is 8. The number of hydrogen-bond donors (Lipinski definition) is 1. The van der Waals surface area contributed by atoms with Gasteiger partial charge in [0.2, 0.25) is 21.8 Å². The number of likely N-dealkylation sites (N-methyl/N-ethyl adjacent to an activating group) is 1. The number of hydrogen-bond acceptors (Lipinski definition) is 4. The van der Waals surface area contributed by atoms with Crippen LogP contribution in [0.1, 0.15) is 12.5 Å². The SMILES string of the molecule is CNC(=O)[C@@H](C)N(Cc1cccc(Cl)c1)C(=O)CN(c1ccc(Cl)cc1Cl)S(C)(=O)=O. The molecule has 168 valence electrons. The molecule has 0 bridgehead atoms. The number of carbonyl (C=O) groups excluding carboxylic acids is 2. The Bertz CT molecular complexity index is 1080. The molecule has 31 heavy (non-hydrogen) atoms. The Morgan fingerprint density at radius 2 is 1.71 bits per heavy atom. The maximum atomic E-state index is 13.2. The van der Waals surface area contributed by atoms with Crippen LogP contribution in [0.4, 0.5) is 5.69 Å². The number of benzene rings is 2. The number of carbonyl (C=O) groups is 2. The van der Waals surface area contributed by atoms with E-state index in [-0.39, 0.29) is 17.3 Å². The molecule has 0 aliphatic carbocycles. The fraction of sp³-hybridized carbons (Fsp3) is 0.300. The van der Waals surface area contributed by atoms with Crippen molar-refractivity contribution in [3.63, 3.8) is 0 Å². The van der Waals surface area contributed by atoms with Crippen LogP contribution in [0, 0.1) is 0 Å². The minimum atomic E-state index is -3.88. The van der Waals surface area contributed by atoms with Gasteiger partial charge in [0, 0.05) is 23.6 Å². The normalized spacial score (nSPS) is 12.2. The molecule has 2 aromatic carbocycles. The zero-order valence-electron chi connectivity index (χ0n) is 17.1. The van der Waals surface area contributed by atoms with Crippen molar-refractivity contribution in [2.45, 2.75) is 19.5 Å². The summed E-state index contributed by atoms with van der Waals surface area (Å²) in [6, 6.07) is 10.3. The van der Waals surface area contributed by atoms with Crippen LogP contribution < -0.4 is 9.62 Å². The molecule has 0 radical (unpaired) electrons. The maximum absolute atomic E-state index is 13.2. The summed E-state index contributed by atoms with van der Waals surface area (Å²) in [5.41, 5.74) is 0.796. The number of amides is 2. The summed E-state index contributed by atoms with van der Waals surface area (Å²) in [5.74, 6) is -0.988. The van der Waals surface area contributed by atoms with Crippen LogP contribution in [-0.2, 0) is 26.2 Å². The molecule has 0 aromatic heterocycles. The van der Waals surface area contributed by atoms with Crippen molar-refractivity contribution in [2.75, 3.05) is 24.2 Å². The third-order valence-electron chi connectivity index (χ3n) is 4.51. The monoisotopic (exact) mass is 505 g/mol. The molecule has 11 heteroatoms. The smallest absolute Gasteiger partial charge is 0.244 e.